The highest BCUT2D eigenvalue weighted by molar-refractivity contribution is 5.94. The predicted octanol–water partition coefficient (Wildman–Crippen LogP) is 4.95. The summed E-state index contributed by atoms with van der Waals surface area (Å²) in [6, 6.07) is 13.9. The molecule has 0 saturated carbocycles. The minimum absolute atomic E-state index is 0.320. The fourth-order valence-electron chi connectivity index (χ4n) is 4.81. The van der Waals surface area contributed by atoms with Crippen molar-refractivity contribution in [1.29, 1.82) is 0 Å². The summed E-state index contributed by atoms with van der Waals surface area (Å²) >= 11 is 0. The van der Waals surface area contributed by atoms with Gasteiger partial charge in [-0.25, -0.2) is 14.4 Å². The molecule has 1 saturated heterocycles. The van der Waals surface area contributed by atoms with Crippen LogP contribution in [-0.2, 0) is 0 Å². The van der Waals surface area contributed by atoms with E-state index in [4.69, 9.17) is 10.5 Å². The third kappa shape index (κ3) is 6.17. The average molecular weight is 516 g/mol. The van der Waals surface area contributed by atoms with Crippen LogP contribution < -0.4 is 15.8 Å². The molecule has 0 bridgehead atoms. The maximum atomic E-state index is 14.3. The van der Waals surface area contributed by atoms with Crippen LogP contribution in [0.15, 0.2) is 61.1 Å². The van der Waals surface area contributed by atoms with Gasteiger partial charge in [-0.3, -0.25) is 4.98 Å². The van der Waals surface area contributed by atoms with E-state index in [1.807, 2.05) is 18.2 Å². The van der Waals surface area contributed by atoms with E-state index in [9.17, 15) is 4.39 Å². The third-order valence-corrected chi connectivity index (χ3v) is 6.82. The molecule has 9 heteroatoms. The summed E-state index contributed by atoms with van der Waals surface area (Å²) in [5.41, 5.74) is 9.32. The molecule has 0 aliphatic carbocycles. The van der Waals surface area contributed by atoms with Gasteiger partial charge in [0.2, 0.25) is 0 Å². The van der Waals surface area contributed by atoms with Gasteiger partial charge < -0.3 is 25.6 Å². The smallest absolute Gasteiger partial charge is 0.144 e. The van der Waals surface area contributed by atoms with Crippen molar-refractivity contribution >= 4 is 28.1 Å². The van der Waals surface area contributed by atoms with Crippen LogP contribution in [-0.4, -0.2) is 70.6 Å². The van der Waals surface area contributed by atoms with Gasteiger partial charge in [-0.2, -0.15) is 0 Å². The SMILES string of the molecule is CCCN1CCN(CCCOc2cc3ncnc(Nc4ccnc(-c5ccccc5F)c4)c3cc2N)CC1. The van der Waals surface area contributed by atoms with Crippen molar-refractivity contribution in [2.75, 3.05) is 56.9 Å². The first-order chi connectivity index (χ1) is 18.6. The lowest BCUT2D eigenvalue weighted by Crippen LogP contribution is -2.46. The number of ether oxygens (including phenoxy) is 1. The summed E-state index contributed by atoms with van der Waals surface area (Å²) in [6.45, 7) is 9.56. The minimum atomic E-state index is -0.320. The zero-order chi connectivity index (χ0) is 26.3. The number of anilines is 3. The molecule has 0 unspecified atom stereocenters. The lowest BCUT2D eigenvalue weighted by molar-refractivity contribution is 0.126. The van der Waals surface area contributed by atoms with Gasteiger partial charge in [-0.05, 0) is 49.7 Å². The van der Waals surface area contributed by atoms with Crippen molar-refractivity contribution < 1.29 is 9.13 Å². The van der Waals surface area contributed by atoms with E-state index in [0.29, 0.717) is 35.1 Å². The molecule has 2 aromatic carbocycles. The molecule has 0 amide bonds. The Kier molecular flexibility index (Phi) is 8.25. The van der Waals surface area contributed by atoms with Gasteiger partial charge in [0.15, 0.2) is 0 Å². The number of nitrogen functional groups attached to an aromatic ring is 1. The number of nitrogens with one attached hydrogen (secondary N) is 1. The van der Waals surface area contributed by atoms with Crippen LogP contribution in [0.5, 0.6) is 5.75 Å². The Balaban J connectivity index is 1.23. The average Bonchev–Trinajstić information content (AvgIpc) is 2.93. The largest absolute Gasteiger partial charge is 0.491 e. The molecule has 0 atom stereocenters. The van der Waals surface area contributed by atoms with Gasteiger partial charge in [0.25, 0.3) is 0 Å². The number of rotatable bonds is 10. The Bertz CT molecular complexity index is 1370. The van der Waals surface area contributed by atoms with Crippen molar-refractivity contribution in [3.8, 4) is 17.0 Å². The first kappa shape index (κ1) is 25.8. The lowest BCUT2D eigenvalue weighted by atomic mass is 10.1. The molecule has 198 valence electrons. The summed E-state index contributed by atoms with van der Waals surface area (Å²) < 4.78 is 20.3. The monoisotopic (exact) mass is 515 g/mol. The summed E-state index contributed by atoms with van der Waals surface area (Å²) in [5.74, 6) is 0.904. The maximum Gasteiger partial charge on any atom is 0.144 e. The second kappa shape index (κ2) is 12.1. The fourth-order valence-corrected chi connectivity index (χ4v) is 4.81. The standard InChI is InChI=1S/C29H34FN7O/c1-2-10-36-12-14-37(15-13-36)11-5-16-38-28-19-27-23(18-25(28)31)29(34-20-33-27)35-21-8-9-32-26(17-21)22-6-3-4-7-24(22)30/h3-4,6-9,17-20H,2,5,10-16,31H2,1H3,(H,32,33,34,35). The zero-order valence-corrected chi connectivity index (χ0v) is 21.7. The van der Waals surface area contributed by atoms with Crippen molar-refractivity contribution in [2.24, 2.45) is 0 Å². The first-order valence-electron chi connectivity index (χ1n) is 13.2. The zero-order valence-electron chi connectivity index (χ0n) is 21.7. The second-order valence-electron chi connectivity index (χ2n) is 9.55. The predicted molar refractivity (Wildman–Crippen MR) is 150 cm³/mol. The van der Waals surface area contributed by atoms with Crippen molar-refractivity contribution in [2.45, 2.75) is 19.8 Å². The first-order valence-corrected chi connectivity index (χ1v) is 13.2. The topological polar surface area (TPSA) is 92.4 Å². The van der Waals surface area contributed by atoms with Crippen LogP contribution in [0.1, 0.15) is 19.8 Å². The van der Waals surface area contributed by atoms with E-state index in [0.717, 1.165) is 55.7 Å². The molecule has 0 spiro atoms. The van der Waals surface area contributed by atoms with Crippen LogP contribution in [0.2, 0.25) is 0 Å². The van der Waals surface area contributed by atoms with E-state index >= 15 is 0 Å². The molecule has 4 aromatic rings. The van der Waals surface area contributed by atoms with E-state index in [-0.39, 0.29) is 5.82 Å². The van der Waals surface area contributed by atoms with Crippen LogP contribution in [0.4, 0.5) is 21.6 Å². The van der Waals surface area contributed by atoms with Gasteiger partial charge >= 0.3 is 0 Å². The molecule has 8 nitrogen and oxygen atoms in total. The van der Waals surface area contributed by atoms with E-state index in [1.54, 1.807) is 30.5 Å². The van der Waals surface area contributed by atoms with E-state index in [2.05, 4.69) is 37.0 Å². The molecular weight excluding hydrogens is 481 g/mol. The summed E-state index contributed by atoms with van der Waals surface area (Å²) in [4.78, 5) is 18.2. The van der Waals surface area contributed by atoms with E-state index in [1.165, 1.54) is 25.4 Å². The number of halogens is 1. The van der Waals surface area contributed by atoms with Gasteiger partial charge in [0.1, 0.15) is 23.7 Å². The van der Waals surface area contributed by atoms with Crippen LogP contribution in [0.3, 0.4) is 0 Å². The summed E-state index contributed by atoms with van der Waals surface area (Å²) in [7, 11) is 0. The van der Waals surface area contributed by atoms with E-state index < -0.39 is 0 Å². The number of piperazine rings is 1. The highest BCUT2D eigenvalue weighted by Crippen LogP contribution is 2.32. The number of fused-ring (bicyclic) bond motifs is 1. The molecule has 1 aliphatic heterocycles. The number of aromatic nitrogens is 3. The molecule has 38 heavy (non-hydrogen) atoms. The molecular formula is C29H34FN7O. The molecule has 5 rings (SSSR count). The quantitative estimate of drug-likeness (QED) is 0.226. The number of nitrogens with zero attached hydrogens (tertiary/aromatic N) is 5. The number of hydrogen-bond acceptors (Lipinski definition) is 8. The Morgan fingerprint density at radius 1 is 0.974 bits per heavy atom. The molecule has 0 radical (unpaired) electrons. The maximum absolute atomic E-state index is 14.3. The number of benzene rings is 2. The van der Waals surface area contributed by atoms with Crippen molar-refractivity contribution in [1.82, 2.24) is 24.8 Å². The van der Waals surface area contributed by atoms with Gasteiger partial charge in [0.05, 0.1) is 23.5 Å². The highest BCUT2D eigenvalue weighted by Gasteiger charge is 2.16. The number of pyridine rings is 1. The van der Waals surface area contributed by atoms with Crippen LogP contribution in [0, 0.1) is 5.82 Å². The number of hydrogen-bond donors (Lipinski definition) is 2. The molecule has 3 heterocycles. The Hall–Kier alpha value is -3.82. The molecule has 1 fully saturated rings. The summed E-state index contributed by atoms with van der Waals surface area (Å²) in [5, 5.41) is 4.07. The van der Waals surface area contributed by atoms with Crippen molar-refractivity contribution in [3.63, 3.8) is 0 Å². The third-order valence-electron chi connectivity index (χ3n) is 6.82. The number of nitrogens with two attached hydrogens (primary N) is 1. The normalized spacial score (nSPS) is 14.6. The Morgan fingerprint density at radius 3 is 2.55 bits per heavy atom. The van der Waals surface area contributed by atoms with Crippen LogP contribution >= 0.6 is 0 Å². The van der Waals surface area contributed by atoms with Gasteiger partial charge in [-0.1, -0.05) is 19.1 Å². The molecule has 3 N–H and O–H groups in total. The van der Waals surface area contributed by atoms with Gasteiger partial charge in [-0.15, -0.1) is 0 Å². The molecule has 2 aromatic heterocycles. The Morgan fingerprint density at radius 2 is 1.76 bits per heavy atom. The highest BCUT2D eigenvalue weighted by atomic mass is 19.1. The fraction of sp³-hybridized carbons (Fsp3) is 0.345. The van der Waals surface area contributed by atoms with Gasteiger partial charge in [0, 0.05) is 61.6 Å². The van der Waals surface area contributed by atoms with Crippen molar-refractivity contribution in [3.05, 3.63) is 66.9 Å². The second-order valence-corrected chi connectivity index (χ2v) is 9.55. The Labute approximate surface area is 222 Å². The van der Waals surface area contributed by atoms with Crippen LogP contribution in [0.25, 0.3) is 22.2 Å². The summed E-state index contributed by atoms with van der Waals surface area (Å²) in [6.07, 6.45) is 5.29. The molecule has 1 aliphatic rings. The minimum Gasteiger partial charge on any atom is -0.491 e. The lowest BCUT2D eigenvalue weighted by Gasteiger charge is -2.34.